The standard InChI is InChI=1S/C18H14ClFN6O/c1-9-6-11(7-13(19)22-9)15-16(10-2-4-12(20)5-3-10)24-18(21)26-17(15)23-14(8-27)25-26/h2-7,27H,8H2,1H3,(H2,21,24). The Morgan fingerprint density at radius 3 is 2.52 bits per heavy atom. The molecule has 4 aromatic rings. The van der Waals surface area contributed by atoms with Crippen LogP contribution in [0, 0.1) is 12.7 Å². The number of hydrogen-bond donors (Lipinski definition) is 2. The van der Waals surface area contributed by atoms with Crippen molar-refractivity contribution in [1.82, 2.24) is 24.6 Å². The third-order valence-electron chi connectivity index (χ3n) is 4.02. The van der Waals surface area contributed by atoms with Crippen LogP contribution in [0.1, 0.15) is 11.5 Å². The van der Waals surface area contributed by atoms with Crippen LogP contribution in [-0.2, 0) is 6.61 Å². The molecule has 3 heterocycles. The van der Waals surface area contributed by atoms with Crippen LogP contribution in [0.3, 0.4) is 0 Å². The number of aromatic nitrogens is 5. The molecule has 0 atom stereocenters. The van der Waals surface area contributed by atoms with Gasteiger partial charge < -0.3 is 10.8 Å². The quantitative estimate of drug-likeness (QED) is 0.526. The van der Waals surface area contributed by atoms with Crippen molar-refractivity contribution >= 4 is 23.2 Å². The highest BCUT2D eigenvalue weighted by Crippen LogP contribution is 2.35. The number of nitrogens with zero attached hydrogens (tertiary/aromatic N) is 5. The molecule has 27 heavy (non-hydrogen) atoms. The molecular weight excluding hydrogens is 371 g/mol. The number of nitrogens with two attached hydrogens (primary N) is 1. The van der Waals surface area contributed by atoms with Gasteiger partial charge in [-0.1, -0.05) is 11.6 Å². The molecule has 136 valence electrons. The fourth-order valence-electron chi connectivity index (χ4n) is 2.92. The van der Waals surface area contributed by atoms with E-state index in [0.717, 1.165) is 0 Å². The number of benzene rings is 1. The van der Waals surface area contributed by atoms with Crippen LogP contribution in [0.5, 0.6) is 0 Å². The van der Waals surface area contributed by atoms with E-state index in [2.05, 4.69) is 20.1 Å². The third kappa shape index (κ3) is 3.09. The van der Waals surface area contributed by atoms with Crippen LogP contribution in [0.25, 0.3) is 28.0 Å². The molecule has 0 aliphatic carbocycles. The molecule has 7 nitrogen and oxygen atoms in total. The third-order valence-corrected chi connectivity index (χ3v) is 4.22. The van der Waals surface area contributed by atoms with Crippen LogP contribution in [-0.4, -0.2) is 29.7 Å². The number of pyridine rings is 1. The molecule has 0 aliphatic heterocycles. The number of nitrogen functional groups attached to an aromatic ring is 1. The minimum absolute atomic E-state index is 0.0946. The highest BCUT2D eigenvalue weighted by molar-refractivity contribution is 6.29. The molecule has 0 fully saturated rings. The van der Waals surface area contributed by atoms with E-state index in [9.17, 15) is 9.50 Å². The minimum atomic E-state index is -0.359. The van der Waals surface area contributed by atoms with Crippen molar-refractivity contribution in [1.29, 1.82) is 0 Å². The molecule has 9 heteroatoms. The van der Waals surface area contributed by atoms with Crippen molar-refractivity contribution in [3.63, 3.8) is 0 Å². The average Bonchev–Trinajstić information content (AvgIpc) is 3.06. The van der Waals surface area contributed by atoms with E-state index >= 15 is 0 Å². The first kappa shape index (κ1) is 17.3. The summed E-state index contributed by atoms with van der Waals surface area (Å²) in [6.45, 7) is 1.47. The monoisotopic (exact) mass is 384 g/mol. The first-order valence-corrected chi connectivity index (χ1v) is 8.40. The van der Waals surface area contributed by atoms with Gasteiger partial charge in [0, 0.05) is 11.3 Å². The van der Waals surface area contributed by atoms with Gasteiger partial charge in [0.05, 0.1) is 11.3 Å². The Bertz CT molecular complexity index is 1140. The maximum Gasteiger partial charge on any atom is 0.223 e. The zero-order valence-electron chi connectivity index (χ0n) is 14.2. The zero-order valence-corrected chi connectivity index (χ0v) is 14.9. The van der Waals surface area contributed by atoms with Gasteiger partial charge in [-0.05, 0) is 48.9 Å². The summed E-state index contributed by atoms with van der Waals surface area (Å²) < 4.78 is 14.7. The fraction of sp³-hybridized carbons (Fsp3) is 0.111. The van der Waals surface area contributed by atoms with E-state index in [1.807, 2.05) is 13.0 Å². The predicted molar refractivity (Wildman–Crippen MR) is 99.5 cm³/mol. The van der Waals surface area contributed by atoms with Gasteiger partial charge in [-0.25, -0.2) is 19.3 Å². The van der Waals surface area contributed by atoms with Gasteiger partial charge in [0.1, 0.15) is 17.6 Å². The summed E-state index contributed by atoms with van der Waals surface area (Å²) in [5, 5.41) is 13.9. The van der Waals surface area contributed by atoms with Crippen molar-refractivity contribution in [2.45, 2.75) is 13.5 Å². The van der Waals surface area contributed by atoms with Crippen LogP contribution in [0.4, 0.5) is 10.3 Å². The lowest BCUT2D eigenvalue weighted by molar-refractivity contribution is 0.271. The van der Waals surface area contributed by atoms with Crippen LogP contribution in [0.2, 0.25) is 5.15 Å². The highest BCUT2D eigenvalue weighted by atomic mass is 35.5. The van der Waals surface area contributed by atoms with Gasteiger partial charge in [0.15, 0.2) is 11.5 Å². The molecule has 0 unspecified atom stereocenters. The van der Waals surface area contributed by atoms with Crippen molar-refractivity contribution in [2.24, 2.45) is 0 Å². The van der Waals surface area contributed by atoms with E-state index in [0.29, 0.717) is 38.9 Å². The smallest absolute Gasteiger partial charge is 0.223 e. The minimum Gasteiger partial charge on any atom is -0.388 e. The molecule has 0 radical (unpaired) electrons. The number of halogens is 2. The molecule has 0 amide bonds. The highest BCUT2D eigenvalue weighted by Gasteiger charge is 2.20. The average molecular weight is 385 g/mol. The summed E-state index contributed by atoms with van der Waals surface area (Å²) in [4.78, 5) is 13.0. The number of aliphatic hydroxyl groups excluding tert-OH is 1. The zero-order chi connectivity index (χ0) is 19.1. The summed E-state index contributed by atoms with van der Waals surface area (Å²) >= 11 is 6.15. The SMILES string of the molecule is Cc1cc(-c2c(-c3ccc(F)cc3)nc(N)n3nc(CO)nc23)cc(Cl)n1. The lowest BCUT2D eigenvalue weighted by atomic mass is 10.00. The van der Waals surface area contributed by atoms with Gasteiger partial charge in [-0.3, -0.25) is 0 Å². The number of anilines is 1. The van der Waals surface area contributed by atoms with Crippen LogP contribution >= 0.6 is 11.6 Å². The van der Waals surface area contributed by atoms with Gasteiger partial charge in [-0.2, -0.15) is 4.52 Å². The number of aryl methyl sites for hydroxylation is 1. The number of fused-ring (bicyclic) bond motifs is 1. The van der Waals surface area contributed by atoms with E-state index in [4.69, 9.17) is 17.3 Å². The van der Waals surface area contributed by atoms with Gasteiger partial charge in [0.25, 0.3) is 0 Å². The molecule has 0 aliphatic rings. The van der Waals surface area contributed by atoms with Gasteiger partial charge in [-0.15, -0.1) is 5.10 Å². The molecule has 0 saturated heterocycles. The predicted octanol–water partition coefficient (Wildman–Crippen LogP) is 3.03. The Kier molecular flexibility index (Phi) is 4.21. The molecule has 3 aromatic heterocycles. The normalized spacial score (nSPS) is 11.3. The Labute approximate surface area is 158 Å². The van der Waals surface area contributed by atoms with Crippen molar-refractivity contribution in [3.8, 4) is 22.4 Å². The number of aliphatic hydroxyl groups is 1. The first-order valence-electron chi connectivity index (χ1n) is 8.02. The Balaban J connectivity index is 2.11. The summed E-state index contributed by atoms with van der Waals surface area (Å²) in [5.41, 5.74) is 9.64. The van der Waals surface area contributed by atoms with E-state index in [1.54, 1.807) is 18.2 Å². The molecule has 0 saturated carbocycles. The molecule has 1 aromatic carbocycles. The van der Waals surface area contributed by atoms with Crippen molar-refractivity contribution < 1.29 is 9.50 Å². The van der Waals surface area contributed by atoms with E-state index < -0.39 is 0 Å². The summed E-state index contributed by atoms with van der Waals surface area (Å²) in [6, 6.07) is 9.41. The second kappa shape index (κ2) is 6.57. The van der Waals surface area contributed by atoms with E-state index in [-0.39, 0.29) is 24.2 Å². The molecule has 4 rings (SSSR count). The van der Waals surface area contributed by atoms with Crippen LogP contribution < -0.4 is 5.73 Å². The first-order chi connectivity index (χ1) is 13.0. The number of rotatable bonds is 3. The maximum atomic E-state index is 13.4. The molecule has 0 bridgehead atoms. The molecule has 3 N–H and O–H groups in total. The molecule has 0 spiro atoms. The Hall–Kier alpha value is -3.10. The lowest BCUT2D eigenvalue weighted by Gasteiger charge is -2.12. The Morgan fingerprint density at radius 1 is 1.11 bits per heavy atom. The lowest BCUT2D eigenvalue weighted by Crippen LogP contribution is -2.06. The van der Waals surface area contributed by atoms with Crippen LogP contribution in [0.15, 0.2) is 36.4 Å². The Morgan fingerprint density at radius 2 is 1.85 bits per heavy atom. The van der Waals surface area contributed by atoms with Gasteiger partial charge in [0.2, 0.25) is 5.95 Å². The molecular formula is C18H14ClFN6O. The fourth-order valence-corrected chi connectivity index (χ4v) is 3.17. The number of hydrogen-bond acceptors (Lipinski definition) is 6. The van der Waals surface area contributed by atoms with Crippen molar-refractivity contribution in [3.05, 3.63) is 58.9 Å². The second-order valence-corrected chi connectivity index (χ2v) is 6.33. The summed E-state index contributed by atoms with van der Waals surface area (Å²) in [6.07, 6.45) is 0. The van der Waals surface area contributed by atoms with E-state index in [1.165, 1.54) is 16.6 Å². The summed E-state index contributed by atoms with van der Waals surface area (Å²) in [7, 11) is 0. The topological polar surface area (TPSA) is 102 Å². The summed E-state index contributed by atoms with van der Waals surface area (Å²) in [5.74, 6) is -0.0581. The second-order valence-electron chi connectivity index (χ2n) is 5.94. The largest absolute Gasteiger partial charge is 0.388 e. The maximum absolute atomic E-state index is 13.4. The van der Waals surface area contributed by atoms with Gasteiger partial charge >= 0.3 is 0 Å². The van der Waals surface area contributed by atoms with Crippen molar-refractivity contribution in [2.75, 3.05) is 5.73 Å².